The lowest BCUT2D eigenvalue weighted by Crippen LogP contribution is -2.31. The molecule has 4 aromatic carbocycles. The van der Waals surface area contributed by atoms with Crippen LogP contribution in [0.3, 0.4) is 0 Å². The Morgan fingerprint density at radius 1 is 0.556 bits per heavy atom. The molecule has 2 aromatic heterocycles. The van der Waals surface area contributed by atoms with Gasteiger partial charge in [-0.3, -0.25) is 19.2 Å². The minimum atomic E-state index is -0.804. The fourth-order valence-corrected chi connectivity index (χ4v) is 5.88. The third-order valence-electron chi connectivity index (χ3n) is 7.99. The Morgan fingerprint density at radius 3 is 1.40 bits per heavy atom. The molecule has 45 heavy (non-hydrogen) atoms. The molecular formula is C32H22N8O5. The Morgan fingerprint density at radius 2 is 0.978 bits per heavy atom. The second kappa shape index (κ2) is 10.2. The van der Waals surface area contributed by atoms with Gasteiger partial charge < -0.3 is 4.74 Å². The van der Waals surface area contributed by atoms with E-state index in [0.717, 1.165) is 0 Å². The minimum absolute atomic E-state index is 0.0178. The highest BCUT2D eigenvalue weighted by Crippen LogP contribution is 2.34. The van der Waals surface area contributed by atoms with Crippen molar-refractivity contribution in [3.63, 3.8) is 0 Å². The Labute approximate surface area is 254 Å². The number of imide groups is 2. The molecule has 13 nitrogen and oxygen atoms in total. The van der Waals surface area contributed by atoms with E-state index in [2.05, 4.69) is 20.6 Å². The van der Waals surface area contributed by atoms with E-state index in [1.165, 1.54) is 19.2 Å². The van der Waals surface area contributed by atoms with E-state index in [0.29, 0.717) is 44.9 Å². The molecule has 6 aromatic rings. The molecule has 0 aliphatic carbocycles. The van der Waals surface area contributed by atoms with E-state index in [9.17, 15) is 19.2 Å². The summed E-state index contributed by atoms with van der Waals surface area (Å²) in [6, 6.07) is 26.3. The Bertz CT molecular complexity index is 2010. The first-order valence-electron chi connectivity index (χ1n) is 14.2. The van der Waals surface area contributed by atoms with Crippen LogP contribution in [0.15, 0.2) is 97.1 Å². The molecule has 0 spiro atoms. The normalized spacial score (nSPS) is 18.6. The summed E-state index contributed by atoms with van der Waals surface area (Å²) >= 11 is 0. The number of ether oxygens (including phenoxy) is 1. The number of aromatic nitrogens is 6. The van der Waals surface area contributed by atoms with E-state index < -0.39 is 12.1 Å². The molecule has 2 saturated heterocycles. The molecule has 2 aliphatic heterocycles. The summed E-state index contributed by atoms with van der Waals surface area (Å²) < 4.78 is 9.02. The average Bonchev–Trinajstić information content (AvgIpc) is 3.81. The monoisotopic (exact) mass is 598 g/mol. The molecule has 2 unspecified atom stereocenters. The summed E-state index contributed by atoms with van der Waals surface area (Å²) in [4.78, 5) is 54.3. The SMILES string of the molecule is O=C1CC(n2nnc3cc(Oc4ccc5c(c4)nnn5C4CC(=O)N(c5ccccc5)C4=O)ccc32)C(=O)N1c1ccccc1. The van der Waals surface area contributed by atoms with Crippen molar-refractivity contribution in [3.8, 4) is 11.5 Å². The highest BCUT2D eigenvalue weighted by Gasteiger charge is 2.43. The maximum Gasteiger partial charge on any atom is 0.259 e. The van der Waals surface area contributed by atoms with Gasteiger partial charge in [-0.15, -0.1) is 10.2 Å². The van der Waals surface area contributed by atoms with Crippen molar-refractivity contribution in [1.82, 2.24) is 30.0 Å². The molecule has 13 heteroatoms. The Hall–Kier alpha value is -6.24. The molecule has 0 N–H and O–H groups in total. The zero-order chi connectivity index (χ0) is 30.7. The molecule has 0 radical (unpaired) electrons. The third-order valence-corrected chi connectivity index (χ3v) is 7.99. The summed E-state index contributed by atoms with van der Waals surface area (Å²) in [7, 11) is 0. The molecule has 2 atom stereocenters. The summed E-state index contributed by atoms with van der Waals surface area (Å²) in [5.41, 5.74) is 3.19. The van der Waals surface area contributed by atoms with Crippen molar-refractivity contribution in [3.05, 3.63) is 97.1 Å². The maximum atomic E-state index is 13.2. The van der Waals surface area contributed by atoms with Crippen LogP contribution in [0.2, 0.25) is 0 Å². The number of benzene rings is 4. The third kappa shape index (κ3) is 4.32. The number of anilines is 2. The van der Waals surface area contributed by atoms with Crippen LogP contribution in [-0.4, -0.2) is 53.6 Å². The van der Waals surface area contributed by atoms with Gasteiger partial charge in [0.2, 0.25) is 11.8 Å². The average molecular weight is 599 g/mol. The van der Waals surface area contributed by atoms with Gasteiger partial charge in [0.25, 0.3) is 11.8 Å². The van der Waals surface area contributed by atoms with Crippen LogP contribution < -0.4 is 14.5 Å². The van der Waals surface area contributed by atoms with Gasteiger partial charge in [0.15, 0.2) is 0 Å². The van der Waals surface area contributed by atoms with E-state index in [1.807, 2.05) is 12.1 Å². The molecule has 4 amide bonds. The van der Waals surface area contributed by atoms with Crippen LogP contribution in [0.1, 0.15) is 24.9 Å². The number of hydrogen-bond acceptors (Lipinski definition) is 9. The number of amides is 4. The lowest BCUT2D eigenvalue weighted by atomic mass is 10.2. The number of para-hydroxylation sites is 2. The van der Waals surface area contributed by atoms with E-state index in [-0.39, 0.29) is 36.5 Å². The van der Waals surface area contributed by atoms with Gasteiger partial charge in [0, 0.05) is 12.1 Å². The van der Waals surface area contributed by atoms with Crippen molar-refractivity contribution >= 4 is 57.1 Å². The standard InChI is InChI=1S/C32H22N8O5/c41-29-17-27(31(43)37(29)19-7-3-1-4-8-19)39-25-13-11-21(15-23(25)33-35-39)45-22-12-14-26-24(16-22)34-36-40(26)28-18-30(42)38(32(28)44)20-9-5-2-6-10-20/h1-16,27-28H,17-18H2. The number of rotatable bonds is 6. The van der Waals surface area contributed by atoms with Crippen molar-refractivity contribution in [1.29, 1.82) is 0 Å². The summed E-state index contributed by atoms with van der Waals surface area (Å²) in [6.07, 6.45) is -0.0356. The van der Waals surface area contributed by atoms with E-state index in [4.69, 9.17) is 4.74 Å². The first kappa shape index (κ1) is 26.4. The Kier molecular flexibility index (Phi) is 5.98. The van der Waals surface area contributed by atoms with Crippen molar-refractivity contribution < 1.29 is 23.9 Å². The molecule has 8 rings (SSSR count). The van der Waals surface area contributed by atoms with Gasteiger partial charge in [-0.05, 0) is 48.5 Å². The first-order valence-corrected chi connectivity index (χ1v) is 14.2. The molecule has 2 aliphatic rings. The fraction of sp³-hybridized carbons (Fsp3) is 0.125. The lowest BCUT2D eigenvalue weighted by molar-refractivity contribution is -0.123. The van der Waals surface area contributed by atoms with Gasteiger partial charge >= 0.3 is 0 Å². The van der Waals surface area contributed by atoms with Crippen LogP contribution in [0, 0.1) is 0 Å². The number of carbonyl (C=O) groups is 4. The summed E-state index contributed by atoms with van der Waals surface area (Å²) in [5, 5.41) is 16.8. The Balaban J connectivity index is 1.02. The minimum Gasteiger partial charge on any atom is -0.457 e. The van der Waals surface area contributed by atoms with Crippen LogP contribution in [0.4, 0.5) is 11.4 Å². The van der Waals surface area contributed by atoms with E-state index in [1.54, 1.807) is 84.9 Å². The zero-order valence-electron chi connectivity index (χ0n) is 23.4. The van der Waals surface area contributed by atoms with Crippen LogP contribution in [0.5, 0.6) is 11.5 Å². The van der Waals surface area contributed by atoms with Gasteiger partial charge in [-0.25, -0.2) is 19.2 Å². The smallest absolute Gasteiger partial charge is 0.259 e. The first-order chi connectivity index (χ1) is 22.0. The predicted octanol–water partition coefficient (Wildman–Crippen LogP) is 3.98. The lowest BCUT2D eigenvalue weighted by Gasteiger charge is -2.15. The van der Waals surface area contributed by atoms with Gasteiger partial charge in [0.05, 0.1) is 35.2 Å². The summed E-state index contributed by atoms with van der Waals surface area (Å²) in [6.45, 7) is 0. The van der Waals surface area contributed by atoms with Crippen LogP contribution in [0.25, 0.3) is 22.1 Å². The highest BCUT2D eigenvalue weighted by molar-refractivity contribution is 6.22. The topological polar surface area (TPSA) is 145 Å². The molecule has 0 bridgehead atoms. The van der Waals surface area contributed by atoms with E-state index >= 15 is 0 Å². The maximum absolute atomic E-state index is 13.2. The van der Waals surface area contributed by atoms with Crippen molar-refractivity contribution in [2.45, 2.75) is 24.9 Å². The van der Waals surface area contributed by atoms with Crippen LogP contribution >= 0.6 is 0 Å². The predicted molar refractivity (Wildman–Crippen MR) is 160 cm³/mol. The summed E-state index contributed by atoms with van der Waals surface area (Å²) in [5.74, 6) is -0.395. The van der Waals surface area contributed by atoms with Gasteiger partial charge in [-0.2, -0.15) is 0 Å². The fourth-order valence-electron chi connectivity index (χ4n) is 5.88. The highest BCUT2D eigenvalue weighted by atomic mass is 16.5. The number of carbonyl (C=O) groups excluding carboxylic acids is 4. The molecule has 220 valence electrons. The molecule has 4 heterocycles. The van der Waals surface area contributed by atoms with Crippen LogP contribution in [-0.2, 0) is 19.2 Å². The van der Waals surface area contributed by atoms with Crippen molar-refractivity contribution in [2.75, 3.05) is 9.80 Å². The second-order valence-electron chi connectivity index (χ2n) is 10.7. The molecule has 2 fully saturated rings. The van der Waals surface area contributed by atoms with Gasteiger partial charge in [0.1, 0.15) is 34.6 Å². The largest absolute Gasteiger partial charge is 0.457 e. The number of fused-ring (bicyclic) bond motifs is 2. The quantitative estimate of drug-likeness (QED) is 0.260. The molecule has 0 saturated carbocycles. The zero-order valence-corrected chi connectivity index (χ0v) is 23.4. The van der Waals surface area contributed by atoms with Gasteiger partial charge in [-0.1, -0.05) is 46.8 Å². The number of nitrogens with zero attached hydrogens (tertiary/aromatic N) is 8. The second-order valence-corrected chi connectivity index (χ2v) is 10.7. The van der Waals surface area contributed by atoms with Crippen molar-refractivity contribution in [2.24, 2.45) is 0 Å². The number of hydrogen-bond donors (Lipinski definition) is 0. The molecular weight excluding hydrogens is 576 g/mol.